The molecule has 8 nitrogen and oxygen atoms in total. The van der Waals surface area contributed by atoms with Crippen LogP contribution in [-0.2, 0) is 6.42 Å². The predicted molar refractivity (Wildman–Crippen MR) is 73.6 cm³/mol. The third-order valence-electron chi connectivity index (χ3n) is 3.11. The van der Waals surface area contributed by atoms with Crippen LogP contribution in [0.1, 0.15) is 28.3 Å². The summed E-state index contributed by atoms with van der Waals surface area (Å²) in [6.45, 7) is 2.37. The number of hydrogen-bond acceptors (Lipinski definition) is 6. The molecular formula is C13H14N6O2. The number of fused-ring (bicyclic) bond motifs is 1. The van der Waals surface area contributed by atoms with Crippen molar-refractivity contribution in [2.75, 3.05) is 6.54 Å². The first-order chi connectivity index (χ1) is 10.2. The summed E-state index contributed by atoms with van der Waals surface area (Å²) in [7, 11) is 0. The topological polar surface area (TPSA) is 110 Å². The summed E-state index contributed by atoms with van der Waals surface area (Å²) in [6.07, 6.45) is 4.47. The zero-order valence-corrected chi connectivity index (χ0v) is 11.5. The van der Waals surface area contributed by atoms with Gasteiger partial charge in [0.15, 0.2) is 0 Å². The molecule has 108 valence electrons. The highest BCUT2D eigenvalue weighted by Crippen LogP contribution is 2.16. The molecule has 0 aliphatic carbocycles. The molecule has 3 aromatic heterocycles. The minimum atomic E-state index is -0.164. The van der Waals surface area contributed by atoms with Gasteiger partial charge in [-0.3, -0.25) is 9.89 Å². The van der Waals surface area contributed by atoms with Crippen LogP contribution < -0.4 is 5.32 Å². The predicted octanol–water partition coefficient (Wildman–Crippen LogP) is 1.01. The van der Waals surface area contributed by atoms with Crippen LogP contribution >= 0.6 is 0 Å². The van der Waals surface area contributed by atoms with E-state index in [0.29, 0.717) is 17.8 Å². The van der Waals surface area contributed by atoms with E-state index in [0.717, 1.165) is 29.7 Å². The highest BCUT2D eigenvalue weighted by Gasteiger charge is 2.11. The van der Waals surface area contributed by atoms with Crippen LogP contribution in [0.3, 0.4) is 0 Å². The molecule has 3 heterocycles. The fourth-order valence-corrected chi connectivity index (χ4v) is 1.98. The van der Waals surface area contributed by atoms with Crippen molar-refractivity contribution < 1.29 is 9.32 Å². The van der Waals surface area contributed by atoms with Gasteiger partial charge in [0.25, 0.3) is 11.6 Å². The molecule has 1 amide bonds. The first-order valence-corrected chi connectivity index (χ1v) is 6.58. The standard InChI is InChI=1S/C13H14N6O2/c1-8-10-5-9(6-15-13(10)21-19-8)12(20)14-4-2-3-11-16-7-17-18-11/h5-7H,2-4H2,1H3,(H,14,20)(H,16,17,18). The molecule has 0 atom stereocenters. The van der Waals surface area contributed by atoms with Gasteiger partial charge in [0.1, 0.15) is 12.2 Å². The van der Waals surface area contributed by atoms with Gasteiger partial charge in [0.2, 0.25) is 0 Å². The van der Waals surface area contributed by atoms with E-state index in [1.54, 1.807) is 6.07 Å². The molecule has 0 radical (unpaired) electrons. The first kappa shape index (κ1) is 13.2. The van der Waals surface area contributed by atoms with Crippen molar-refractivity contribution in [1.82, 2.24) is 30.6 Å². The number of aromatic nitrogens is 5. The third-order valence-corrected chi connectivity index (χ3v) is 3.11. The number of hydrogen-bond donors (Lipinski definition) is 2. The Kier molecular flexibility index (Phi) is 3.59. The molecule has 0 aliphatic heterocycles. The van der Waals surface area contributed by atoms with Gasteiger partial charge in [-0.15, -0.1) is 0 Å². The number of rotatable bonds is 5. The van der Waals surface area contributed by atoms with Crippen molar-refractivity contribution in [2.45, 2.75) is 19.8 Å². The number of carbonyl (C=O) groups excluding carboxylic acids is 1. The maximum atomic E-state index is 12.0. The fourth-order valence-electron chi connectivity index (χ4n) is 1.98. The molecule has 0 unspecified atom stereocenters. The molecule has 8 heteroatoms. The molecular weight excluding hydrogens is 272 g/mol. The van der Waals surface area contributed by atoms with Gasteiger partial charge in [0, 0.05) is 19.2 Å². The number of amides is 1. The monoisotopic (exact) mass is 286 g/mol. The van der Waals surface area contributed by atoms with E-state index in [9.17, 15) is 4.79 Å². The Labute approximate surface area is 120 Å². The Bertz CT molecular complexity index is 749. The summed E-state index contributed by atoms with van der Waals surface area (Å²) >= 11 is 0. The number of H-pyrrole nitrogens is 1. The number of aryl methyl sites for hydroxylation is 2. The average molecular weight is 286 g/mol. The van der Waals surface area contributed by atoms with Gasteiger partial charge >= 0.3 is 0 Å². The quantitative estimate of drug-likeness (QED) is 0.677. The zero-order valence-electron chi connectivity index (χ0n) is 11.5. The summed E-state index contributed by atoms with van der Waals surface area (Å²) in [5.74, 6) is 0.648. The second-order valence-corrected chi connectivity index (χ2v) is 4.64. The molecule has 0 saturated heterocycles. The first-order valence-electron chi connectivity index (χ1n) is 6.58. The lowest BCUT2D eigenvalue weighted by molar-refractivity contribution is 0.0953. The number of nitrogens with zero attached hydrogens (tertiary/aromatic N) is 4. The van der Waals surface area contributed by atoms with Gasteiger partial charge in [0.05, 0.1) is 16.6 Å². The summed E-state index contributed by atoms with van der Waals surface area (Å²) in [5.41, 5.74) is 1.65. The average Bonchev–Trinajstić information content (AvgIpc) is 3.13. The number of pyridine rings is 1. The number of carbonyl (C=O) groups is 1. The normalized spacial score (nSPS) is 10.9. The second-order valence-electron chi connectivity index (χ2n) is 4.64. The van der Waals surface area contributed by atoms with E-state index in [4.69, 9.17) is 4.52 Å². The maximum absolute atomic E-state index is 12.0. The summed E-state index contributed by atoms with van der Waals surface area (Å²) < 4.78 is 5.01. The Morgan fingerprint density at radius 3 is 3.14 bits per heavy atom. The van der Waals surface area contributed by atoms with Crippen LogP contribution in [0.2, 0.25) is 0 Å². The van der Waals surface area contributed by atoms with E-state index in [2.05, 4.69) is 30.6 Å². The SMILES string of the molecule is Cc1noc2ncc(C(=O)NCCCc3ncn[nH]3)cc12. The fraction of sp³-hybridized carbons (Fsp3) is 0.308. The molecule has 3 aromatic rings. The summed E-state index contributed by atoms with van der Waals surface area (Å²) in [5, 5.41) is 14.0. The van der Waals surface area contributed by atoms with Crippen LogP contribution in [0.5, 0.6) is 0 Å². The minimum Gasteiger partial charge on any atom is -0.352 e. The van der Waals surface area contributed by atoms with Gasteiger partial charge < -0.3 is 9.84 Å². The van der Waals surface area contributed by atoms with Crippen LogP contribution in [0.15, 0.2) is 23.1 Å². The molecule has 2 N–H and O–H groups in total. The zero-order chi connectivity index (χ0) is 14.7. The van der Waals surface area contributed by atoms with Gasteiger partial charge in [-0.25, -0.2) is 9.97 Å². The summed E-state index contributed by atoms with van der Waals surface area (Å²) in [6, 6.07) is 1.74. The van der Waals surface area contributed by atoms with Crippen LogP contribution in [-0.4, -0.2) is 37.8 Å². The molecule has 0 spiro atoms. The molecule has 0 aromatic carbocycles. The molecule has 0 bridgehead atoms. The number of nitrogens with one attached hydrogen (secondary N) is 2. The van der Waals surface area contributed by atoms with Crippen LogP contribution in [0.25, 0.3) is 11.1 Å². The van der Waals surface area contributed by atoms with Gasteiger partial charge in [-0.05, 0) is 19.4 Å². The van der Waals surface area contributed by atoms with Crippen molar-refractivity contribution in [3.05, 3.63) is 35.7 Å². The van der Waals surface area contributed by atoms with Crippen molar-refractivity contribution in [2.24, 2.45) is 0 Å². The van der Waals surface area contributed by atoms with Crippen molar-refractivity contribution in [1.29, 1.82) is 0 Å². The van der Waals surface area contributed by atoms with E-state index >= 15 is 0 Å². The Balaban J connectivity index is 1.57. The molecule has 0 saturated carbocycles. The lowest BCUT2D eigenvalue weighted by atomic mass is 10.2. The van der Waals surface area contributed by atoms with Crippen LogP contribution in [0, 0.1) is 6.92 Å². The van der Waals surface area contributed by atoms with E-state index in [1.807, 2.05) is 6.92 Å². The van der Waals surface area contributed by atoms with Gasteiger partial charge in [-0.2, -0.15) is 5.10 Å². The highest BCUT2D eigenvalue weighted by atomic mass is 16.5. The Morgan fingerprint density at radius 2 is 2.33 bits per heavy atom. The van der Waals surface area contributed by atoms with E-state index in [1.165, 1.54) is 12.5 Å². The lowest BCUT2D eigenvalue weighted by Gasteiger charge is -2.04. The van der Waals surface area contributed by atoms with Gasteiger partial charge in [-0.1, -0.05) is 5.16 Å². The van der Waals surface area contributed by atoms with Crippen molar-refractivity contribution in [3.8, 4) is 0 Å². The Morgan fingerprint density at radius 1 is 1.43 bits per heavy atom. The van der Waals surface area contributed by atoms with Crippen molar-refractivity contribution in [3.63, 3.8) is 0 Å². The second kappa shape index (κ2) is 5.70. The molecule has 0 aliphatic rings. The number of aromatic amines is 1. The molecule has 0 fully saturated rings. The van der Waals surface area contributed by atoms with E-state index in [-0.39, 0.29) is 5.91 Å². The Hall–Kier alpha value is -2.77. The third kappa shape index (κ3) is 2.88. The largest absolute Gasteiger partial charge is 0.352 e. The smallest absolute Gasteiger partial charge is 0.257 e. The van der Waals surface area contributed by atoms with Crippen LogP contribution in [0.4, 0.5) is 0 Å². The highest BCUT2D eigenvalue weighted by molar-refractivity contribution is 5.96. The molecule has 3 rings (SSSR count). The van der Waals surface area contributed by atoms with Crippen molar-refractivity contribution >= 4 is 17.0 Å². The summed E-state index contributed by atoms with van der Waals surface area (Å²) in [4.78, 5) is 20.1. The molecule has 21 heavy (non-hydrogen) atoms. The van der Waals surface area contributed by atoms with E-state index < -0.39 is 0 Å². The minimum absolute atomic E-state index is 0.164. The lowest BCUT2D eigenvalue weighted by Crippen LogP contribution is -2.25. The maximum Gasteiger partial charge on any atom is 0.257 e.